The summed E-state index contributed by atoms with van der Waals surface area (Å²) in [6.45, 7) is 3.14. The molecule has 1 amide bonds. The zero-order valence-electron chi connectivity index (χ0n) is 18.3. The monoisotopic (exact) mass is 439 g/mol. The van der Waals surface area contributed by atoms with Gasteiger partial charge in [-0.15, -0.1) is 0 Å². The average Bonchev–Trinajstić information content (AvgIpc) is 3.23. The highest BCUT2D eigenvalue weighted by Gasteiger charge is 2.48. The minimum atomic E-state index is -0.491. The van der Waals surface area contributed by atoms with Crippen molar-refractivity contribution in [2.75, 3.05) is 32.9 Å². The first-order chi connectivity index (χ1) is 15.6. The first kappa shape index (κ1) is 21.4. The van der Waals surface area contributed by atoms with Crippen LogP contribution in [0.1, 0.15) is 37.7 Å². The van der Waals surface area contributed by atoms with E-state index in [2.05, 4.69) is 12.1 Å². The SMILES string of the molecule is O=C(N1CCC2(CC1)C[C@H](Oc1ccc(F)cc1)CO2)C1(c2ccccc2)CCOCC1. The Labute approximate surface area is 188 Å². The fourth-order valence-corrected chi connectivity index (χ4v) is 5.46. The molecule has 0 aliphatic carbocycles. The molecule has 1 spiro atoms. The van der Waals surface area contributed by atoms with E-state index >= 15 is 0 Å². The molecule has 0 N–H and O–H groups in total. The minimum Gasteiger partial charge on any atom is -0.488 e. The maximum absolute atomic E-state index is 13.8. The van der Waals surface area contributed by atoms with Gasteiger partial charge in [-0.05, 0) is 55.5 Å². The van der Waals surface area contributed by atoms with Crippen molar-refractivity contribution in [2.24, 2.45) is 0 Å². The summed E-state index contributed by atoms with van der Waals surface area (Å²) >= 11 is 0. The fourth-order valence-electron chi connectivity index (χ4n) is 5.46. The van der Waals surface area contributed by atoms with Crippen LogP contribution in [0.4, 0.5) is 4.39 Å². The number of rotatable bonds is 4. The van der Waals surface area contributed by atoms with Crippen molar-refractivity contribution in [1.29, 1.82) is 0 Å². The standard InChI is InChI=1S/C26H30FNO4/c27-21-6-8-22(9-7-21)32-23-18-25(31-19-23)10-14-28(15-11-25)24(29)26(12-16-30-17-13-26)20-4-2-1-3-5-20/h1-9,23H,10-19H2/t23-/m0/s1. The number of hydrogen-bond donors (Lipinski definition) is 0. The summed E-state index contributed by atoms with van der Waals surface area (Å²) in [5.41, 5.74) is 0.365. The summed E-state index contributed by atoms with van der Waals surface area (Å²) in [7, 11) is 0. The Kier molecular flexibility index (Phi) is 5.91. The van der Waals surface area contributed by atoms with Crippen molar-refractivity contribution in [1.82, 2.24) is 4.90 Å². The van der Waals surface area contributed by atoms with Crippen molar-refractivity contribution in [2.45, 2.75) is 49.2 Å². The van der Waals surface area contributed by atoms with E-state index in [1.807, 2.05) is 23.1 Å². The molecule has 3 aliphatic rings. The molecule has 1 atom stereocenters. The number of carbonyl (C=O) groups is 1. The third-order valence-corrected chi connectivity index (χ3v) is 7.34. The zero-order chi connectivity index (χ0) is 22.0. The molecule has 2 aromatic carbocycles. The van der Waals surface area contributed by atoms with Crippen LogP contribution in [0.5, 0.6) is 5.75 Å². The molecule has 3 saturated heterocycles. The number of ether oxygens (including phenoxy) is 3. The van der Waals surface area contributed by atoms with Gasteiger partial charge in [0.25, 0.3) is 0 Å². The first-order valence-corrected chi connectivity index (χ1v) is 11.6. The highest BCUT2D eigenvalue weighted by atomic mass is 19.1. The van der Waals surface area contributed by atoms with Gasteiger partial charge in [-0.1, -0.05) is 30.3 Å². The summed E-state index contributed by atoms with van der Waals surface area (Å²) in [5.74, 6) is 0.610. The lowest BCUT2D eigenvalue weighted by Crippen LogP contribution is -2.54. The highest BCUT2D eigenvalue weighted by molar-refractivity contribution is 5.88. The van der Waals surface area contributed by atoms with Gasteiger partial charge in [0.15, 0.2) is 0 Å². The summed E-state index contributed by atoms with van der Waals surface area (Å²) in [5, 5.41) is 0. The van der Waals surface area contributed by atoms with Gasteiger partial charge in [0, 0.05) is 32.7 Å². The maximum atomic E-state index is 13.8. The van der Waals surface area contributed by atoms with E-state index in [1.54, 1.807) is 12.1 Å². The Morgan fingerprint density at radius 1 is 0.969 bits per heavy atom. The second-order valence-electron chi connectivity index (χ2n) is 9.24. The second kappa shape index (κ2) is 8.83. The molecule has 5 rings (SSSR count). The van der Waals surface area contributed by atoms with Crippen LogP contribution in [-0.2, 0) is 19.7 Å². The molecule has 0 bridgehead atoms. The van der Waals surface area contributed by atoms with E-state index < -0.39 is 5.41 Å². The van der Waals surface area contributed by atoms with Crippen molar-refractivity contribution >= 4 is 5.91 Å². The number of halogens is 1. The maximum Gasteiger partial charge on any atom is 0.233 e. The van der Waals surface area contributed by atoms with Crippen LogP contribution in [0.25, 0.3) is 0 Å². The van der Waals surface area contributed by atoms with E-state index in [-0.39, 0.29) is 23.4 Å². The Morgan fingerprint density at radius 2 is 1.66 bits per heavy atom. The van der Waals surface area contributed by atoms with Gasteiger partial charge in [-0.3, -0.25) is 4.79 Å². The first-order valence-electron chi connectivity index (χ1n) is 11.6. The van der Waals surface area contributed by atoms with Crippen molar-refractivity contribution < 1.29 is 23.4 Å². The molecule has 0 saturated carbocycles. The lowest BCUT2D eigenvalue weighted by Gasteiger charge is -2.44. The molecule has 0 unspecified atom stereocenters. The van der Waals surface area contributed by atoms with Crippen LogP contribution < -0.4 is 4.74 Å². The third-order valence-electron chi connectivity index (χ3n) is 7.34. The van der Waals surface area contributed by atoms with E-state index in [0.29, 0.717) is 38.7 Å². The Balaban J connectivity index is 1.23. The van der Waals surface area contributed by atoms with Gasteiger partial charge in [-0.2, -0.15) is 0 Å². The second-order valence-corrected chi connectivity index (χ2v) is 9.24. The third kappa shape index (κ3) is 4.14. The topological polar surface area (TPSA) is 48.0 Å². The molecule has 3 heterocycles. The fraction of sp³-hybridized carbons (Fsp3) is 0.500. The predicted octanol–water partition coefficient (Wildman–Crippen LogP) is 4.10. The summed E-state index contributed by atoms with van der Waals surface area (Å²) in [6.07, 6.45) is 3.81. The van der Waals surface area contributed by atoms with Crippen LogP contribution in [0.2, 0.25) is 0 Å². The molecule has 3 fully saturated rings. The van der Waals surface area contributed by atoms with Gasteiger partial charge in [0.05, 0.1) is 17.6 Å². The number of piperidine rings is 1. The lowest BCUT2D eigenvalue weighted by atomic mass is 9.72. The molecule has 170 valence electrons. The van der Waals surface area contributed by atoms with Crippen LogP contribution in [0.3, 0.4) is 0 Å². The zero-order valence-corrected chi connectivity index (χ0v) is 18.3. The van der Waals surface area contributed by atoms with E-state index in [9.17, 15) is 9.18 Å². The van der Waals surface area contributed by atoms with Gasteiger partial charge in [0.1, 0.15) is 17.7 Å². The smallest absolute Gasteiger partial charge is 0.233 e. The van der Waals surface area contributed by atoms with E-state index in [1.165, 1.54) is 12.1 Å². The Morgan fingerprint density at radius 3 is 2.34 bits per heavy atom. The van der Waals surface area contributed by atoms with Crippen LogP contribution in [-0.4, -0.2) is 55.4 Å². The highest BCUT2D eigenvalue weighted by Crippen LogP contribution is 2.41. The minimum absolute atomic E-state index is 0.0473. The van der Waals surface area contributed by atoms with Gasteiger partial charge in [0.2, 0.25) is 5.91 Å². The normalized spacial score (nSPS) is 24.4. The largest absolute Gasteiger partial charge is 0.488 e. The summed E-state index contributed by atoms with van der Waals surface area (Å²) < 4.78 is 31.0. The molecule has 5 nitrogen and oxygen atoms in total. The molecule has 0 aromatic heterocycles. The van der Waals surface area contributed by atoms with E-state index in [4.69, 9.17) is 14.2 Å². The van der Waals surface area contributed by atoms with Gasteiger partial charge in [-0.25, -0.2) is 4.39 Å². The Bertz CT molecular complexity index is 919. The number of nitrogens with zero attached hydrogens (tertiary/aromatic N) is 1. The van der Waals surface area contributed by atoms with Crippen LogP contribution in [0, 0.1) is 5.82 Å². The van der Waals surface area contributed by atoms with Crippen LogP contribution >= 0.6 is 0 Å². The number of hydrogen-bond acceptors (Lipinski definition) is 4. The molecule has 0 radical (unpaired) electrons. The molecular formula is C26H30FNO4. The molecule has 32 heavy (non-hydrogen) atoms. The number of amides is 1. The van der Waals surface area contributed by atoms with Gasteiger partial charge < -0.3 is 19.1 Å². The van der Waals surface area contributed by atoms with E-state index in [0.717, 1.165) is 37.7 Å². The van der Waals surface area contributed by atoms with Crippen LogP contribution in [0.15, 0.2) is 54.6 Å². The van der Waals surface area contributed by atoms with Gasteiger partial charge >= 0.3 is 0 Å². The Hall–Kier alpha value is -2.44. The number of benzene rings is 2. The average molecular weight is 440 g/mol. The number of likely N-dealkylation sites (tertiary alicyclic amines) is 1. The number of carbonyl (C=O) groups excluding carboxylic acids is 1. The van der Waals surface area contributed by atoms with Crippen molar-refractivity contribution in [3.63, 3.8) is 0 Å². The quantitative estimate of drug-likeness (QED) is 0.720. The van der Waals surface area contributed by atoms with Crippen molar-refractivity contribution in [3.05, 3.63) is 66.0 Å². The summed E-state index contributed by atoms with van der Waals surface area (Å²) in [4.78, 5) is 15.8. The molecule has 6 heteroatoms. The molecular weight excluding hydrogens is 409 g/mol. The summed E-state index contributed by atoms with van der Waals surface area (Å²) in [6, 6.07) is 16.3. The lowest BCUT2D eigenvalue weighted by molar-refractivity contribution is -0.146. The van der Waals surface area contributed by atoms with Crippen molar-refractivity contribution in [3.8, 4) is 5.75 Å². The molecule has 3 aliphatic heterocycles. The predicted molar refractivity (Wildman–Crippen MR) is 118 cm³/mol. The molecule has 2 aromatic rings.